The highest BCUT2D eigenvalue weighted by Gasteiger charge is 2.56. The summed E-state index contributed by atoms with van der Waals surface area (Å²) in [5, 5.41) is 0. The van der Waals surface area contributed by atoms with Crippen LogP contribution in [0.1, 0.15) is 104 Å². The number of rotatable bonds is 2. The van der Waals surface area contributed by atoms with Crippen LogP contribution in [-0.4, -0.2) is 24.4 Å². The molecule has 4 heterocycles. The minimum atomic E-state index is 0.526. The second-order valence-electron chi connectivity index (χ2n) is 12.1. The van der Waals surface area contributed by atoms with E-state index < -0.39 is 0 Å². The minimum Gasteiger partial charge on any atom is -0.374 e. The number of hydrogen-bond acceptors (Lipinski definition) is 2. The number of ether oxygens (including phenoxy) is 2. The third kappa shape index (κ3) is 2.57. The second-order valence-corrected chi connectivity index (χ2v) is 12.1. The summed E-state index contributed by atoms with van der Waals surface area (Å²) < 4.78 is 12.3. The lowest BCUT2D eigenvalue weighted by atomic mass is 9.51. The molecule has 27 heavy (non-hydrogen) atoms. The van der Waals surface area contributed by atoms with Gasteiger partial charge in [-0.3, -0.25) is 0 Å². The van der Waals surface area contributed by atoms with Crippen LogP contribution >= 0.6 is 0 Å². The van der Waals surface area contributed by atoms with Crippen molar-refractivity contribution in [3.8, 4) is 0 Å². The normalized spacial score (nSPS) is 54.4. The maximum absolute atomic E-state index is 6.17. The summed E-state index contributed by atoms with van der Waals surface area (Å²) >= 11 is 0. The molecule has 0 aromatic heterocycles. The zero-order chi connectivity index (χ0) is 18.3. The molecule has 0 N–H and O–H groups in total. The van der Waals surface area contributed by atoms with Gasteiger partial charge in [0.15, 0.2) is 0 Å². The molecule has 8 aliphatic rings. The fraction of sp³-hybridized carbons (Fsp3) is 1.00. The van der Waals surface area contributed by atoms with Crippen LogP contribution in [0.25, 0.3) is 0 Å². The molecule has 8 rings (SSSR count). The van der Waals surface area contributed by atoms with Gasteiger partial charge < -0.3 is 9.47 Å². The van der Waals surface area contributed by atoms with Gasteiger partial charge in [-0.1, -0.05) is 13.8 Å². The zero-order valence-corrected chi connectivity index (χ0v) is 17.7. The van der Waals surface area contributed by atoms with Gasteiger partial charge in [-0.25, -0.2) is 0 Å². The quantitative estimate of drug-likeness (QED) is 0.569. The van der Waals surface area contributed by atoms with Crippen molar-refractivity contribution < 1.29 is 9.47 Å². The first-order valence-electron chi connectivity index (χ1n) is 12.3. The van der Waals surface area contributed by atoms with E-state index in [0.717, 1.165) is 11.8 Å². The maximum Gasteiger partial charge on any atom is 0.0659 e. The molecule has 4 bridgehead atoms. The van der Waals surface area contributed by atoms with E-state index in [1.165, 1.54) is 89.9 Å². The van der Waals surface area contributed by atoms with Crippen LogP contribution < -0.4 is 0 Å². The Morgan fingerprint density at radius 3 is 1.22 bits per heavy atom. The number of hydrogen-bond donors (Lipinski definition) is 0. The van der Waals surface area contributed by atoms with Gasteiger partial charge in [0.05, 0.1) is 24.4 Å². The van der Waals surface area contributed by atoms with E-state index in [9.17, 15) is 0 Å². The average Bonchev–Trinajstić information content (AvgIpc) is 2.61. The molecule has 4 aliphatic carbocycles. The van der Waals surface area contributed by atoms with Crippen molar-refractivity contribution in [1.29, 1.82) is 0 Å². The van der Waals surface area contributed by atoms with Crippen LogP contribution in [0.2, 0.25) is 0 Å². The Morgan fingerprint density at radius 1 is 0.593 bits per heavy atom. The van der Waals surface area contributed by atoms with E-state index in [0.29, 0.717) is 40.7 Å². The van der Waals surface area contributed by atoms with E-state index in [4.69, 9.17) is 9.47 Å². The van der Waals surface area contributed by atoms with Crippen LogP contribution in [0.5, 0.6) is 0 Å². The summed E-state index contributed by atoms with van der Waals surface area (Å²) in [7, 11) is 0. The molecule has 2 heteroatoms. The summed E-state index contributed by atoms with van der Waals surface area (Å²) in [6.45, 7) is 5.26. The van der Waals surface area contributed by atoms with Gasteiger partial charge >= 0.3 is 0 Å². The molecule has 4 saturated heterocycles. The van der Waals surface area contributed by atoms with Crippen molar-refractivity contribution in [3.05, 3.63) is 0 Å². The molecule has 2 nitrogen and oxygen atoms in total. The van der Waals surface area contributed by atoms with E-state index in [1.807, 2.05) is 0 Å². The van der Waals surface area contributed by atoms with Gasteiger partial charge in [0.25, 0.3) is 0 Å². The Morgan fingerprint density at radius 2 is 0.926 bits per heavy atom. The highest BCUT2D eigenvalue weighted by molar-refractivity contribution is 5.06. The van der Waals surface area contributed by atoms with Crippen molar-refractivity contribution in [2.24, 2.45) is 28.1 Å². The number of fused-ring (bicyclic) bond motifs is 2. The Bertz CT molecular complexity index is 512. The van der Waals surface area contributed by atoms with Gasteiger partial charge in [-0.05, 0) is 105 Å². The molecule has 8 fully saturated rings. The smallest absolute Gasteiger partial charge is 0.0659 e. The molecule has 4 aliphatic heterocycles. The van der Waals surface area contributed by atoms with Gasteiger partial charge in [0.1, 0.15) is 0 Å². The van der Waals surface area contributed by atoms with E-state index in [-0.39, 0.29) is 0 Å². The zero-order valence-electron chi connectivity index (χ0n) is 17.7. The Balaban J connectivity index is 1.08. The predicted molar refractivity (Wildman–Crippen MR) is 108 cm³/mol. The van der Waals surface area contributed by atoms with Crippen LogP contribution in [0.15, 0.2) is 0 Å². The predicted octanol–water partition coefficient (Wildman–Crippen LogP) is 6.27. The summed E-state index contributed by atoms with van der Waals surface area (Å²) in [6.07, 6.45) is 22.6. The summed E-state index contributed by atoms with van der Waals surface area (Å²) in [5.74, 6) is 1.88. The molecule has 0 amide bonds. The maximum atomic E-state index is 6.17. The first-order valence-corrected chi connectivity index (χ1v) is 12.3. The molecule has 0 aromatic carbocycles. The van der Waals surface area contributed by atoms with Gasteiger partial charge in [-0.2, -0.15) is 0 Å². The molecule has 0 aromatic rings. The van der Waals surface area contributed by atoms with Crippen molar-refractivity contribution in [2.75, 3.05) is 0 Å². The molecule has 4 unspecified atom stereocenters. The molecular weight excluding hydrogens is 332 g/mol. The minimum absolute atomic E-state index is 0.526. The van der Waals surface area contributed by atoms with E-state index >= 15 is 0 Å². The lowest BCUT2D eigenvalue weighted by Crippen LogP contribution is -2.57. The van der Waals surface area contributed by atoms with Crippen molar-refractivity contribution in [1.82, 2.24) is 0 Å². The fourth-order valence-corrected chi connectivity index (χ4v) is 8.65. The highest BCUT2D eigenvalue weighted by atomic mass is 16.5. The Hall–Kier alpha value is -0.0800. The summed E-state index contributed by atoms with van der Waals surface area (Å²) in [4.78, 5) is 0. The topological polar surface area (TPSA) is 18.5 Å². The van der Waals surface area contributed by atoms with E-state index in [1.54, 1.807) is 0 Å². The average molecular weight is 373 g/mol. The third-order valence-electron chi connectivity index (χ3n) is 11.0. The largest absolute Gasteiger partial charge is 0.374 e. The van der Waals surface area contributed by atoms with Crippen LogP contribution in [0.3, 0.4) is 0 Å². The first-order chi connectivity index (χ1) is 13.0. The monoisotopic (exact) mass is 372 g/mol. The molecule has 0 radical (unpaired) electrons. The van der Waals surface area contributed by atoms with Crippen LogP contribution in [-0.2, 0) is 9.47 Å². The molecule has 4 atom stereocenters. The Kier molecular flexibility index (Phi) is 3.93. The first kappa shape index (κ1) is 17.8. The van der Waals surface area contributed by atoms with Crippen molar-refractivity contribution >= 4 is 0 Å². The SMILES string of the molecule is CC(C)(C1CCC2(CCC3CC2O3)CC1)C1CCC2(CCC3CC2O3)CC1. The van der Waals surface area contributed by atoms with E-state index in [2.05, 4.69) is 13.8 Å². The van der Waals surface area contributed by atoms with Crippen molar-refractivity contribution in [3.63, 3.8) is 0 Å². The molecule has 2 spiro atoms. The summed E-state index contributed by atoms with van der Waals surface area (Å²) in [6, 6.07) is 0. The molecular formula is C25H40O2. The molecule has 4 saturated carbocycles. The summed E-state index contributed by atoms with van der Waals surface area (Å²) in [5.41, 5.74) is 1.69. The van der Waals surface area contributed by atoms with Gasteiger partial charge in [0, 0.05) is 12.8 Å². The standard InChI is InChI=1S/C25H40O2/c1-23(2,17-3-9-24(10-4-17)13-7-19-15-21(24)26-19)18-5-11-25(12-6-18)14-8-20-16-22(25)27-20/h17-22H,3-16H2,1-2H3. The van der Waals surface area contributed by atoms with Crippen LogP contribution in [0.4, 0.5) is 0 Å². The van der Waals surface area contributed by atoms with Crippen LogP contribution in [0, 0.1) is 28.1 Å². The highest BCUT2D eigenvalue weighted by Crippen LogP contribution is 2.61. The second kappa shape index (κ2) is 5.97. The van der Waals surface area contributed by atoms with Gasteiger partial charge in [0.2, 0.25) is 0 Å². The lowest BCUT2D eigenvalue weighted by Gasteiger charge is -2.60. The van der Waals surface area contributed by atoms with Gasteiger partial charge in [-0.15, -0.1) is 0 Å². The fourth-order valence-electron chi connectivity index (χ4n) is 8.65. The third-order valence-corrected chi connectivity index (χ3v) is 11.0. The molecule has 152 valence electrons. The van der Waals surface area contributed by atoms with Crippen molar-refractivity contribution in [2.45, 2.75) is 128 Å². The Labute approximate surface area is 166 Å². The lowest BCUT2D eigenvalue weighted by molar-refractivity contribution is -0.239.